The van der Waals surface area contributed by atoms with Crippen LogP contribution >= 0.6 is 0 Å². The molecule has 2 aromatic rings. The topological polar surface area (TPSA) is 123 Å². The van der Waals surface area contributed by atoms with E-state index in [1.807, 2.05) is 7.05 Å². The molecular formula is C17H24N6O4S. The minimum atomic E-state index is -3.32. The van der Waals surface area contributed by atoms with Gasteiger partial charge in [-0.15, -0.1) is 0 Å². The van der Waals surface area contributed by atoms with E-state index in [0.717, 1.165) is 0 Å². The predicted molar refractivity (Wildman–Crippen MR) is 98.9 cm³/mol. The van der Waals surface area contributed by atoms with Crippen LogP contribution in [0.15, 0.2) is 17.0 Å². The molecule has 1 saturated heterocycles. The maximum absolute atomic E-state index is 12.9. The number of likely N-dealkylation sites (tertiary alicyclic amines) is 1. The van der Waals surface area contributed by atoms with E-state index >= 15 is 0 Å². The molecule has 2 aromatic heterocycles. The highest BCUT2D eigenvalue weighted by Gasteiger charge is 2.58. The quantitative estimate of drug-likeness (QED) is 0.751. The molecule has 3 heterocycles. The van der Waals surface area contributed by atoms with E-state index in [2.05, 4.69) is 19.8 Å². The highest BCUT2D eigenvalue weighted by atomic mass is 32.2. The number of sulfonamides is 1. The Bertz CT molecular complexity index is 999. The summed E-state index contributed by atoms with van der Waals surface area (Å²) in [6.07, 6.45) is 4.42. The van der Waals surface area contributed by atoms with Crippen molar-refractivity contribution in [3.63, 3.8) is 0 Å². The fourth-order valence-electron chi connectivity index (χ4n) is 4.47. The molecule has 1 aliphatic heterocycles. The fraction of sp³-hybridized carbons (Fsp3) is 0.647. The lowest BCUT2D eigenvalue weighted by molar-refractivity contribution is 0.0768. The first-order valence-corrected chi connectivity index (χ1v) is 11.0. The van der Waals surface area contributed by atoms with Gasteiger partial charge in [-0.1, -0.05) is 5.16 Å². The van der Waals surface area contributed by atoms with E-state index < -0.39 is 15.4 Å². The minimum absolute atomic E-state index is 0.0320. The highest BCUT2D eigenvalue weighted by Crippen LogP contribution is 2.50. The van der Waals surface area contributed by atoms with Crippen LogP contribution in [0.4, 0.5) is 0 Å². The van der Waals surface area contributed by atoms with Crippen molar-refractivity contribution in [3.05, 3.63) is 29.9 Å². The van der Waals surface area contributed by atoms with Crippen LogP contribution in [0.1, 0.15) is 42.0 Å². The zero-order valence-electron chi connectivity index (χ0n) is 16.1. The van der Waals surface area contributed by atoms with Crippen LogP contribution in [0.5, 0.6) is 0 Å². The van der Waals surface area contributed by atoms with Crippen molar-refractivity contribution in [2.24, 2.45) is 13.0 Å². The van der Waals surface area contributed by atoms with Gasteiger partial charge in [0.25, 0.3) is 5.91 Å². The molecule has 0 bridgehead atoms. The molecule has 152 valence electrons. The Hall–Kier alpha value is -2.27. The first-order valence-electron chi connectivity index (χ1n) is 9.30. The molecule has 0 radical (unpaired) electrons. The summed E-state index contributed by atoms with van der Waals surface area (Å²) in [5.74, 6) is 0.922. The fourth-order valence-corrected chi connectivity index (χ4v) is 5.32. The van der Waals surface area contributed by atoms with Crippen LogP contribution < -0.4 is 4.72 Å². The lowest BCUT2D eigenvalue weighted by Crippen LogP contribution is -2.40. The van der Waals surface area contributed by atoms with Crippen molar-refractivity contribution in [1.29, 1.82) is 0 Å². The summed E-state index contributed by atoms with van der Waals surface area (Å²) in [7, 11) is -1.50. The van der Waals surface area contributed by atoms with Crippen molar-refractivity contribution in [3.8, 4) is 0 Å². The number of nitrogens with one attached hydrogen (secondary N) is 1. The Kier molecular flexibility index (Phi) is 4.53. The largest absolute Gasteiger partial charge is 0.340 e. The first kappa shape index (κ1) is 19.1. The van der Waals surface area contributed by atoms with Crippen LogP contribution in [0.25, 0.3) is 0 Å². The monoisotopic (exact) mass is 408 g/mol. The van der Waals surface area contributed by atoms with Gasteiger partial charge < -0.3 is 14.0 Å². The molecule has 28 heavy (non-hydrogen) atoms. The van der Waals surface area contributed by atoms with Gasteiger partial charge in [0.2, 0.25) is 15.9 Å². The van der Waals surface area contributed by atoms with E-state index in [0.29, 0.717) is 43.3 Å². The number of hydrogen-bond donors (Lipinski definition) is 1. The smallest absolute Gasteiger partial charge is 0.274 e. The number of fused-ring (bicyclic) bond motifs is 1. The molecule has 0 spiro atoms. The van der Waals surface area contributed by atoms with Crippen molar-refractivity contribution < 1.29 is 17.7 Å². The third-order valence-electron chi connectivity index (χ3n) is 5.77. The number of imidazole rings is 1. The molecular weight excluding hydrogens is 384 g/mol. The number of amides is 1. The van der Waals surface area contributed by atoms with Gasteiger partial charge in [-0.3, -0.25) is 4.79 Å². The number of carbonyl (C=O) groups excluding carboxylic acids is 1. The Labute approximate surface area is 163 Å². The van der Waals surface area contributed by atoms with Crippen LogP contribution in [0.3, 0.4) is 0 Å². The summed E-state index contributed by atoms with van der Waals surface area (Å²) in [6.45, 7) is 4.26. The van der Waals surface area contributed by atoms with Gasteiger partial charge in [-0.05, 0) is 32.6 Å². The molecule has 3 atom stereocenters. The zero-order chi connectivity index (χ0) is 20.1. The van der Waals surface area contributed by atoms with Gasteiger partial charge in [0, 0.05) is 32.4 Å². The second-order valence-electron chi connectivity index (χ2n) is 7.77. The summed E-state index contributed by atoms with van der Waals surface area (Å²) >= 11 is 0. The van der Waals surface area contributed by atoms with E-state index in [1.54, 1.807) is 35.8 Å². The Morgan fingerprint density at radius 1 is 1.46 bits per heavy atom. The van der Waals surface area contributed by atoms with E-state index in [4.69, 9.17) is 4.52 Å². The van der Waals surface area contributed by atoms with E-state index in [-0.39, 0.29) is 23.6 Å². The SMILES string of the molecule is CCS(=O)(=O)N[C@@H]1CC2CN(C(=O)c3cn(C)cn3)C[C@@]2(c2nc(C)no2)C1. The van der Waals surface area contributed by atoms with Crippen LogP contribution in [-0.2, 0) is 22.5 Å². The number of rotatable bonds is 5. The van der Waals surface area contributed by atoms with E-state index in [1.165, 1.54) is 0 Å². The number of carbonyl (C=O) groups is 1. The third-order valence-corrected chi connectivity index (χ3v) is 7.22. The summed E-state index contributed by atoms with van der Waals surface area (Å²) in [6, 6.07) is -0.214. The maximum Gasteiger partial charge on any atom is 0.274 e. The minimum Gasteiger partial charge on any atom is -0.340 e. The average Bonchev–Trinajstić information content (AvgIpc) is 3.37. The molecule has 2 fully saturated rings. The van der Waals surface area contributed by atoms with Crippen LogP contribution in [0.2, 0.25) is 0 Å². The second kappa shape index (κ2) is 6.66. The standard InChI is InChI=1S/C17H24N6O4S/c1-4-28(25,26)21-13-5-12-7-23(15(24)14-8-22(3)10-18-14)9-17(12,6-13)16-19-11(2)20-27-16/h8,10,12-13,21H,4-7,9H2,1-3H3/t12?,13-,17+/m1/s1. The average molecular weight is 408 g/mol. The molecule has 10 nitrogen and oxygen atoms in total. The zero-order valence-corrected chi connectivity index (χ0v) is 16.9. The normalized spacial score (nSPS) is 27.3. The Balaban J connectivity index is 1.62. The Morgan fingerprint density at radius 3 is 2.86 bits per heavy atom. The van der Waals surface area contributed by atoms with Gasteiger partial charge in [0.05, 0.1) is 17.5 Å². The van der Waals surface area contributed by atoms with Crippen molar-refractivity contribution in [1.82, 2.24) is 29.3 Å². The second-order valence-corrected chi connectivity index (χ2v) is 9.81. The molecule has 1 aliphatic carbocycles. The molecule has 1 unspecified atom stereocenters. The number of nitrogens with zero attached hydrogens (tertiary/aromatic N) is 5. The van der Waals surface area contributed by atoms with Gasteiger partial charge in [0.15, 0.2) is 5.82 Å². The number of aryl methyl sites for hydroxylation is 2. The van der Waals surface area contributed by atoms with Gasteiger partial charge >= 0.3 is 0 Å². The van der Waals surface area contributed by atoms with E-state index in [9.17, 15) is 13.2 Å². The van der Waals surface area contributed by atoms with Crippen molar-refractivity contribution in [2.75, 3.05) is 18.8 Å². The maximum atomic E-state index is 12.9. The molecule has 1 saturated carbocycles. The molecule has 0 aromatic carbocycles. The number of hydrogen-bond acceptors (Lipinski definition) is 7. The first-order chi connectivity index (χ1) is 13.2. The predicted octanol–water partition coefficient (Wildman–Crippen LogP) is 0.223. The van der Waals surface area contributed by atoms with Crippen LogP contribution in [-0.4, -0.2) is 63.8 Å². The number of aromatic nitrogens is 4. The highest BCUT2D eigenvalue weighted by molar-refractivity contribution is 7.89. The molecule has 1 amide bonds. The molecule has 1 N–H and O–H groups in total. The van der Waals surface area contributed by atoms with Gasteiger partial charge in [0.1, 0.15) is 5.69 Å². The van der Waals surface area contributed by atoms with Crippen molar-refractivity contribution in [2.45, 2.75) is 38.1 Å². The Morgan fingerprint density at radius 2 is 2.25 bits per heavy atom. The summed E-state index contributed by atoms with van der Waals surface area (Å²) in [5.41, 5.74) is -0.158. The van der Waals surface area contributed by atoms with Gasteiger partial charge in [-0.2, -0.15) is 4.98 Å². The molecule has 11 heteroatoms. The lowest BCUT2D eigenvalue weighted by Gasteiger charge is -2.25. The third kappa shape index (κ3) is 3.22. The summed E-state index contributed by atoms with van der Waals surface area (Å²) in [5, 5.41) is 3.92. The molecule has 2 aliphatic rings. The molecule has 4 rings (SSSR count). The lowest BCUT2D eigenvalue weighted by atomic mass is 9.80. The van der Waals surface area contributed by atoms with Crippen LogP contribution in [0, 0.1) is 12.8 Å². The van der Waals surface area contributed by atoms with Crippen molar-refractivity contribution >= 4 is 15.9 Å². The summed E-state index contributed by atoms with van der Waals surface area (Å²) in [4.78, 5) is 23.3. The van der Waals surface area contributed by atoms with Gasteiger partial charge in [-0.25, -0.2) is 18.1 Å². The summed E-state index contributed by atoms with van der Waals surface area (Å²) < 4.78 is 34.1.